The molecule has 0 unspecified atom stereocenters. The van der Waals surface area contributed by atoms with Gasteiger partial charge in [0, 0.05) is 5.56 Å². The highest BCUT2D eigenvalue weighted by atomic mass is 16.5. The van der Waals surface area contributed by atoms with E-state index in [1.807, 2.05) is 37.3 Å². The number of esters is 1. The van der Waals surface area contributed by atoms with Gasteiger partial charge in [-0.3, -0.25) is 4.79 Å². The Bertz CT molecular complexity index is 705. The van der Waals surface area contributed by atoms with Gasteiger partial charge in [-0.1, -0.05) is 37.3 Å². The summed E-state index contributed by atoms with van der Waals surface area (Å²) in [6.45, 7) is 3.79. The standard InChI is InChI=1S/C19H20O4/c1-4-15-10-18(23-12-14-8-6-5-7-9-14)17(19(21)22-3)11-16(15)13(2)20/h5-11H,4,12H2,1-3H3. The van der Waals surface area contributed by atoms with Gasteiger partial charge in [-0.05, 0) is 36.6 Å². The Morgan fingerprint density at radius 1 is 1.04 bits per heavy atom. The summed E-state index contributed by atoms with van der Waals surface area (Å²) in [6, 6.07) is 13.0. The van der Waals surface area contributed by atoms with E-state index in [0.717, 1.165) is 11.1 Å². The Hall–Kier alpha value is -2.62. The Labute approximate surface area is 136 Å². The lowest BCUT2D eigenvalue weighted by molar-refractivity contribution is 0.0595. The second-order valence-corrected chi connectivity index (χ2v) is 5.18. The van der Waals surface area contributed by atoms with Crippen LogP contribution in [0.15, 0.2) is 42.5 Å². The highest BCUT2D eigenvalue weighted by Gasteiger charge is 2.18. The van der Waals surface area contributed by atoms with Crippen molar-refractivity contribution in [2.45, 2.75) is 26.9 Å². The molecule has 0 bridgehead atoms. The average molecular weight is 312 g/mol. The first kappa shape index (κ1) is 16.7. The average Bonchev–Trinajstić information content (AvgIpc) is 2.59. The van der Waals surface area contributed by atoms with E-state index in [2.05, 4.69) is 0 Å². The van der Waals surface area contributed by atoms with Crippen molar-refractivity contribution in [2.24, 2.45) is 0 Å². The van der Waals surface area contributed by atoms with Gasteiger partial charge in [0.1, 0.15) is 17.9 Å². The Kier molecular flexibility index (Phi) is 5.52. The highest BCUT2D eigenvalue weighted by Crippen LogP contribution is 2.26. The van der Waals surface area contributed by atoms with E-state index >= 15 is 0 Å². The third-order valence-corrected chi connectivity index (χ3v) is 3.61. The highest BCUT2D eigenvalue weighted by molar-refractivity contribution is 6.00. The lowest BCUT2D eigenvalue weighted by Gasteiger charge is -2.14. The number of hydrogen-bond donors (Lipinski definition) is 0. The molecule has 0 saturated carbocycles. The predicted molar refractivity (Wildman–Crippen MR) is 87.9 cm³/mol. The molecule has 4 heteroatoms. The topological polar surface area (TPSA) is 52.6 Å². The summed E-state index contributed by atoms with van der Waals surface area (Å²) in [5.74, 6) is -0.164. The fraction of sp³-hybridized carbons (Fsp3) is 0.263. The largest absolute Gasteiger partial charge is 0.488 e. The fourth-order valence-corrected chi connectivity index (χ4v) is 2.37. The van der Waals surface area contributed by atoms with Crippen molar-refractivity contribution in [2.75, 3.05) is 7.11 Å². The van der Waals surface area contributed by atoms with Gasteiger partial charge in [0.2, 0.25) is 0 Å². The summed E-state index contributed by atoms with van der Waals surface area (Å²) in [5, 5.41) is 0. The predicted octanol–water partition coefficient (Wildman–Crippen LogP) is 3.82. The van der Waals surface area contributed by atoms with Crippen molar-refractivity contribution in [3.05, 3.63) is 64.7 Å². The molecule has 120 valence electrons. The summed E-state index contributed by atoms with van der Waals surface area (Å²) in [6.07, 6.45) is 0.679. The first-order chi connectivity index (χ1) is 11.1. The maximum Gasteiger partial charge on any atom is 0.341 e. The number of methoxy groups -OCH3 is 1. The van der Waals surface area contributed by atoms with Gasteiger partial charge in [-0.15, -0.1) is 0 Å². The van der Waals surface area contributed by atoms with Crippen LogP contribution in [0.5, 0.6) is 5.75 Å². The maximum atomic E-state index is 12.0. The second kappa shape index (κ2) is 7.58. The van der Waals surface area contributed by atoms with Crippen LogP contribution in [0.3, 0.4) is 0 Å². The van der Waals surface area contributed by atoms with Crippen LogP contribution >= 0.6 is 0 Å². The number of aryl methyl sites for hydroxylation is 1. The Morgan fingerprint density at radius 3 is 2.30 bits per heavy atom. The smallest absolute Gasteiger partial charge is 0.341 e. The lowest BCUT2D eigenvalue weighted by atomic mass is 9.98. The zero-order chi connectivity index (χ0) is 16.8. The van der Waals surface area contributed by atoms with Gasteiger partial charge < -0.3 is 9.47 Å². The zero-order valence-electron chi connectivity index (χ0n) is 13.6. The van der Waals surface area contributed by atoms with Crippen LogP contribution in [0.25, 0.3) is 0 Å². The number of carbonyl (C=O) groups excluding carboxylic acids is 2. The molecule has 2 aromatic carbocycles. The summed E-state index contributed by atoms with van der Waals surface area (Å²) in [4.78, 5) is 23.8. The molecule has 23 heavy (non-hydrogen) atoms. The lowest BCUT2D eigenvalue weighted by Crippen LogP contribution is -2.10. The number of hydrogen-bond acceptors (Lipinski definition) is 4. The molecule has 0 aromatic heterocycles. The van der Waals surface area contributed by atoms with Crippen molar-refractivity contribution in [1.29, 1.82) is 0 Å². The summed E-state index contributed by atoms with van der Waals surface area (Å²) in [7, 11) is 1.31. The van der Waals surface area contributed by atoms with Crippen LogP contribution in [0.1, 0.15) is 45.7 Å². The molecule has 4 nitrogen and oxygen atoms in total. The molecule has 0 amide bonds. The minimum Gasteiger partial charge on any atom is -0.488 e. The minimum absolute atomic E-state index is 0.0818. The SMILES string of the molecule is CCc1cc(OCc2ccccc2)c(C(=O)OC)cc1C(C)=O. The van der Waals surface area contributed by atoms with Crippen molar-refractivity contribution < 1.29 is 19.1 Å². The third kappa shape index (κ3) is 3.97. The number of Topliss-reactive ketones (excluding diaryl/α,β-unsaturated/α-hetero) is 1. The molecule has 0 heterocycles. The third-order valence-electron chi connectivity index (χ3n) is 3.61. The quantitative estimate of drug-likeness (QED) is 0.601. The molecule has 0 aliphatic heterocycles. The van der Waals surface area contributed by atoms with E-state index in [4.69, 9.17) is 9.47 Å². The van der Waals surface area contributed by atoms with Crippen LogP contribution in [0.4, 0.5) is 0 Å². The molecule has 2 rings (SSSR count). The zero-order valence-corrected chi connectivity index (χ0v) is 13.6. The number of carbonyl (C=O) groups is 2. The van der Waals surface area contributed by atoms with Crippen LogP contribution < -0.4 is 4.74 Å². The van der Waals surface area contributed by atoms with Gasteiger partial charge in [0.25, 0.3) is 0 Å². The maximum absolute atomic E-state index is 12.0. The van der Waals surface area contributed by atoms with Crippen molar-refractivity contribution >= 4 is 11.8 Å². The fourth-order valence-electron chi connectivity index (χ4n) is 2.37. The van der Waals surface area contributed by atoms with E-state index in [1.165, 1.54) is 14.0 Å². The molecule has 0 N–H and O–H groups in total. The minimum atomic E-state index is -0.516. The Balaban J connectivity index is 2.39. The number of ketones is 1. The molecule has 0 saturated heterocycles. The first-order valence-corrected chi connectivity index (χ1v) is 7.49. The molecule has 0 aliphatic rings. The van der Waals surface area contributed by atoms with Crippen LogP contribution in [0, 0.1) is 0 Å². The summed E-state index contributed by atoms with van der Waals surface area (Å²) >= 11 is 0. The molecule has 0 aliphatic carbocycles. The molecular weight excluding hydrogens is 292 g/mol. The van der Waals surface area contributed by atoms with Crippen molar-refractivity contribution in [3.8, 4) is 5.75 Å². The van der Waals surface area contributed by atoms with Gasteiger partial charge in [0.15, 0.2) is 5.78 Å². The van der Waals surface area contributed by atoms with E-state index in [-0.39, 0.29) is 11.3 Å². The van der Waals surface area contributed by atoms with E-state index < -0.39 is 5.97 Å². The van der Waals surface area contributed by atoms with Crippen molar-refractivity contribution in [3.63, 3.8) is 0 Å². The summed E-state index contributed by atoms with van der Waals surface area (Å²) in [5.41, 5.74) is 2.65. The monoisotopic (exact) mass is 312 g/mol. The second-order valence-electron chi connectivity index (χ2n) is 5.18. The van der Waals surface area contributed by atoms with E-state index in [1.54, 1.807) is 12.1 Å². The first-order valence-electron chi connectivity index (χ1n) is 7.49. The van der Waals surface area contributed by atoms with Gasteiger partial charge in [0.05, 0.1) is 7.11 Å². The van der Waals surface area contributed by atoms with Gasteiger partial charge in [-0.2, -0.15) is 0 Å². The molecular formula is C19H20O4. The molecule has 0 spiro atoms. The Morgan fingerprint density at radius 2 is 1.74 bits per heavy atom. The van der Waals surface area contributed by atoms with E-state index in [9.17, 15) is 9.59 Å². The summed E-state index contributed by atoms with van der Waals surface area (Å²) < 4.78 is 10.6. The molecule has 0 fully saturated rings. The van der Waals surface area contributed by atoms with Crippen LogP contribution in [-0.4, -0.2) is 18.9 Å². The molecule has 2 aromatic rings. The molecule has 0 atom stereocenters. The normalized spacial score (nSPS) is 10.2. The number of ether oxygens (including phenoxy) is 2. The van der Waals surface area contributed by atoms with Gasteiger partial charge >= 0.3 is 5.97 Å². The number of benzene rings is 2. The van der Waals surface area contributed by atoms with Crippen LogP contribution in [0.2, 0.25) is 0 Å². The van der Waals surface area contributed by atoms with Crippen LogP contribution in [-0.2, 0) is 17.8 Å². The molecule has 0 radical (unpaired) electrons. The van der Waals surface area contributed by atoms with E-state index in [0.29, 0.717) is 24.3 Å². The van der Waals surface area contributed by atoms with Gasteiger partial charge in [-0.25, -0.2) is 4.79 Å². The van der Waals surface area contributed by atoms with Crippen molar-refractivity contribution in [1.82, 2.24) is 0 Å². The number of rotatable bonds is 6.